The van der Waals surface area contributed by atoms with E-state index < -0.39 is 11.8 Å². The number of methoxy groups -OCH3 is 1. The Labute approximate surface area is 180 Å². The summed E-state index contributed by atoms with van der Waals surface area (Å²) in [6.07, 6.45) is 1.51. The Morgan fingerprint density at radius 3 is 2.32 bits per heavy atom. The summed E-state index contributed by atoms with van der Waals surface area (Å²) in [5, 5.41) is 9.47. The van der Waals surface area contributed by atoms with Crippen molar-refractivity contribution < 1.29 is 14.3 Å². The fourth-order valence-corrected chi connectivity index (χ4v) is 3.21. The Balaban J connectivity index is 1.79. The van der Waals surface area contributed by atoms with E-state index in [-0.39, 0.29) is 5.57 Å². The summed E-state index contributed by atoms with van der Waals surface area (Å²) >= 11 is 0. The zero-order chi connectivity index (χ0) is 22.4. The third-order valence-corrected chi connectivity index (χ3v) is 4.79. The molecule has 3 aromatic rings. The summed E-state index contributed by atoms with van der Waals surface area (Å²) in [6, 6.07) is 19.9. The number of hydrogen-bond acceptors (Lipinski definition) is 4. The number of aryl methyl sites for hydroxylation is 1. The number of nitrogens with one attached hydrogen (secondary N) is 2. The van der Waals surface area contributed by atoms with Crippen molar-refractivity contribution in [3.8, 4) is 17.5 Å². The summed E-state index contributed by atoms with van der Waals surface area (Å²) in [5.41, 5.74) is 8.37. The van der Waals surface area contributed by atoms with Gasteiger partial charge >= 0.3 is 0 Å². The third kappa shape index (κ3) is 4.82. The number of aromatic nitrogens is 1. The Hall–Kier alpha value is -4.31. The van der Waals surface area contributed by atoms with Crippen LogP contribution in [-0.2, 0) is 4.79 Å². The molecule has 0 bridgehead atoms. The molecule has 3 rings (SSSR count). The van der Waals surface area contributed by atoms with Crippen molar-refractivity contribution >= 4 is 17.9 Å². The molecule has 31 heavy (non-hydrogen) atoms. The average Bonchev–Trinajstić information content (AvgIpc) is 3.08. The minimum absolute atomic E-state index is 0.122. The van der Waals surface area contributed by atoms with E-state index in [2.05, 4.69) is 10.9 Å². The van der Waals surface area contributed by atoms with Crippen molar-refractivity contribution in [1.82, 2.24) is 15.4 Å². The SMILES string of the molecule is COc1ccc(-n2c(C)cc(/C=C(/C#N)C(=O)NNC(=O)c3ccccc3)c2C)cc1. The molecule has 2 amide bonds. The lowest BCUT2D eigenvalue weighted by Crippen LogP contribution is -2.42. The maximum atomic E-state index is 12.4. The van der Waals surface area contributed by atoms with Crippen LogP contribution in [0.5, 0.6) is 5.75 Å². The lowest BCUT2D eigenvalue weighted by Gasteiger charge is -2.10. The number of hydrogen-bond donors (Lipinski definition) is 2. The second-order valence-electron chi connectivity index (χ2n) is 6.80. The lowest BCUT2D eigenvalue weighted by molar-refractivity contribution is -0.117. The van der Waals surface area contributed by atoms with E-state index in [1.54, 1.807) is 37.4 Å². The highest BCUT2D eigenvalue weighted by Crippen LogP contribution is 2.24. The molecule has 1 heterocycles. The van der Waals surface area contributed by atoms with Crippen LogP contribution in [0.25, 0.3) is 11.8 Å². The number of amides is 2. The van der Waals surface area contributed by atoms with E-state index in [0.29, 0.717) is 5.56 Å². The molecule has 0 aliphatic rings. The second-order valence-corrected chi connectivity index (χ2v) is 6.80. The molecule has 7 heteroatoms. The maximum absolute atomic E-state index is 12.4. The molecule has 2 N–H and O–H groups in total. The first-order valence-electron chi connectivity index (χ1n) is 9.55. The van der Waals surface area contributed by atoms with E-state index in [9.17, 15) is 14.9 Å². The second kappa shape index (κ2) is 9.46. The van der Waals surface area contributed by atoms with Gasteiger partial charge in [0.05, 0.1) is 7.11 Å². The zero-order valence-corrected chi connectivity index (χ0v) is 17.5. The van der Waals surface area contributed by atoms with E-state index in [1.807, 2.05) is 54.8 Å². The summed E-state index contributed by atoms with van der Waals surface area (Å²) in [5.74, 6) is -0.405. The molecular formula is C24H22N4O3. The number of nitriles is 1. The first-order chi connectivity index (χ1) is 14.9. The van der Waals surface area contributed by atoms with Crippen LogP contribution in [-0.4, -0.2) is 23.5 Å². The van der Waals surface area contributed by atoms with E-state index in [4.69, 9.17) is 4.74 Å². The van der Waals surface area contributed by atoms with Gasteiger partial charge in [-0.25, -0.2) is 0 Å². The molecule has 156 valence electrons. The van der Waals surface area contributed by atoms with Gasteiger partial charge in [0.25, 0.3) is 11.8 Å². The number of rotatable bonds is 5. The molecule has 0 atom stereocenters. The Kier molecular flexibility index (Phi) is 6.53. The first-order valence-corrected chi connectivity index (χ1v) is 9.55. The summed E-state index contributed by atoms with van der Waals surface area (Å²) < 4.78 is 7.23. The van der Waals surface area contributed by atoms with Crippen LogP contribution in [0.1, 0.15) is 27.3 Å². The molecule has 0 radical (unpaired) electrons. The zero-order valence-electron chi connectivity index (χ0n) is 17.5. The molecule has 2 aromatic carbocycles. The summed E-state index contributed by atoms with van der Waals surface area (Å²) in [6.45, 7) is 3.86. The monoisotopic (exact) mass is 414 g/mol. The quantitative estimate of drug-likeness (QED) is 0.380. The number of hydrazine groups is 1. The van der Waals surface area contributed by atoms with Crippen LogP contribution in [0, 0.1) is 25.2 Å². The first kappa shape index (κ1) is 21.4. The molecule has 0 saturated carbocycles. The Morgan fingerprint density at radius 2 is 1.71 bits per heavy atom. The topological polar surface area (TPSA) is 96.2 Å². The standard InChI is InChI=1S/C24H22N4O3/c1-16-13-19(17(2)28(16)21-9-11-22(31-3)12-10-21)14-20(15-25)24(30)27-26-23(29)18-7-5-4-6-8-18/h4-14H,1-3H3,(H,26,29)(H,27,30)/b20-14-. The van der Waals surface area contributed by atoms with E-state index >= 15 is 0 Å². The molecule has 0 spiro atoms. The van der Waals surface area contributed by atoms with Gasteiger partial charge in [-0.15, -0.1) is 0 Å². The molecule has 0 aliphatic heterocycles. The molecule has 0 aliphatic carbocycles. The highest BCUT2D eigenvalue weighted by Gasteiger charge is 2.15. The normalized spacial score (nSPS) is 10.8. The van der Waals surface area contributed by atoms with E-state index in [1.165, 1.54) is 6.08 Å². The van der Waals surface area contributed by atoms with Crippen LogP contribution < -0.4 is 15.6 Å². The summed E-state index contributed by atoms with van der Waals surface area (Å²) in [4.78, 5) is 24.5. The molecule has 0 fully saturated rings. The highest BCUT2D eigenvalue weighted by atomic mass is 16.5. The van der Waals surface area contributed by atoms with E-state index in [0.717, 1.165) is 28.4 Å². The molecule has 0 unspecified atom stereocenters. The average molecular weight is 414 g/mol. The number of carbonyl (C=O) groups excluding carboxylic acids is 2. The largest absolute Gasteiger partial charge is 0.497 e. The van der Waals surface area contributed by atoms with Gasteiger partial charge in [0.15, 0.2) is 0 Å². The fraction of sp³-hybridized carbons (Fsp3) is 0.125. The number of ether oxygens (including phenoxy) is 1. The molecular weight excluding hydrogens is 392 g/mol. The summed E-state index contributed by atoms with van der Waals surface area (Å²) in [7, 11) is 1.61. The van der Waals surface area contributed by atoms with Gasteiger partial charge < -0.3 is 9.30 Å². The van der Waals surface area contributed by atoms with Crippen LogP contribution in [0.3, 0.4) is 0 Å². The predicted octanol–water partition coefficient (Wildman–Crippen LogP) is 3.47. The molecule has 7 nitrogen and oxygen atoms in total. The van der Waals surface area contributed by atoms with Gasteiger partial charge in [0.1, 0.15) is 17.4 Å². The predicted molar refractivity (Wildman–Crippen MR) is 117 cm³/mol. The minimum Gasteiger partial charge on any atom is -0.497 e. The minimum atomic E-state index is -0.693. The van der Waals surface area contributed by atoms with Crippen LogP contribution in [0.2, 0.25) is 0 Å². The van der Waals surface area contributed by atoms with Gasteiger partial charge in [0.2, 0.25) is 0 Å². The van der Waals surface area contributed by atoms with Crippen molar-refractivity contribution in [2.75, 3.05) is 7.11 Å². The van der Waals surface area contributed by atoms with Gasteiger partial charge in [-0.2, -0.15) is 5.26 Å². The molecule has 1 aromatic heterocycles. The molecule has 0 saturated heterocycles. The van der Waals surface area contributed by atoms with Gasteiger partial charge in [0, 0.05) is 22.6 Å². The Morgan fingerprint density at radius 1 is 1.03 bits per heavy atom. The maximum Gasteiger partial charge on any atom is 0.280 e. The van der Waals surface area contributed by atoms with Crippen molar-refractivity contribution in [1.29, 1.82) is 5.26 Å². The van der Waals surface area contributed by atoms with Crippen LogP contribution in [0.4, 0.5) is 0 Å². The fourth-order valence-electron chi connectivity index (χ4n) is 3.21. The number of benzene rings is 2. The smallest absolute Gasteiger partial charge is 0.280 e. The van der Waals surface area contributed by atoms with Crippen molar-refractivity contribution in [3.05, 3.63) is 88.8 Å². The van der Waals surface area contributed by atoms with Crippen molar-refractivity contribution in [2.45, 2.75) is 13.8 Å². The van der Waals surface area contributed by atoms with Gasteiger partial charge in [-0.3, -0.25) is 20.4 Å². The van der Waals surface area contributed by atoms with Crippen LogP contribution in [0.15, 0.2) is 66.2 Å². The number of nitrogens with zero attached hydrogens (tertiary/aromatic N) is 2. The lowest BCUT2D eigenvalue weighted by atomic mass is 10.1. The highest BCUT2D eigenvalue weighted by molar-refractivity contribution is 6.03. The van der Waals surface area contributed by atoms with Crippen molar-refractivity contribution in [2.24, 2.45) is 0 Å². The van der Waals surface area contributed by atoms with Gasteiger partial charge in [-0.05, 0) is 68.0 Å². The van der Waals surface area contributed by atoms with Crippen LogP contribution >= 0.6 is 0 Å². The Bertz CT molecular complexity index is 1170. The van der Waals surface area contributed by atoms with Gasteiger partial charge in [-0.1, -0.05) is 18.2 Å². The number of carbonyl (C=O) groups is 2. The van der Waals surface area contributed by atoms with Crippen molar-refractivity contribution in [3.63, 3.8) is 0 Å². The third-order valence-electron chi connectivity index (χ3n) is 4.79.